The van der Waals surface area contributed by atoms with E-state index in [0.717, 1.165) is 5.56 Å². The van der Waals surface area contributed by atoms with E-state index in [1.807, 2.05) is 35.3 Å². The van der Waals surface area contributed by atoms with E-state index < -0.39 is 21.9 Å². The van der Waals surface area contributed by atoms with E-state index in [1.165, 1.54) is 19.3 Å². The van der Waals surface area contributed by atoms with Crippen molar-refractivity contribution in [1.82, 2.24) is 9.97 Å². The summed E-state index contributed by atoms with van der Waals surface area (Å²) < 4.78 is 11.9. The summed E-state index contributed by atoms with van der Waals surface area (Å²) in [6.07, 6.45) is 2.78. The molecule has 10 heteroatoms. The molecule has 1 heterocycles. The molecule has 0 aliphatic heterocycles. The Labute approximate surface area is 178 Å². The summed E-state index contributed by atoms with van der Waals surface area (Å²) in [5.74, 6) is 0.933. The number of H-pyrrole nitrogens is 2. The molecule has 0 saturated carbocycles. The zero-order valence-corrected chi connectivity index (χ0v) is 17.3. The van der Waals surface area contributed by atoms with Crippen LogP contribution in [0, 0.1) is 10.1 Å². The van der Waals surface area contributed by atoms with Gasteiger partial charge in [0, 0.05) is 0 Å². The first-order valence-corrected chi connectivity index (χ1v) is 9.41. The molecule has 30 heavy (non-hydrogen) atoms. The minimum atomic E-state index is -1.08. The third-order valence-electron chi connectivity index (χ3n) is 4.05. The van der Waals surface area contributed by atoms with Gasteiger partial charge >= 0.3 is 16.9 Å². The molecule has 0 spiro atoms. The van der Waals surface area contributed by atoms with Crippen LogP contribution in [-0.4, -0.2) is 22.0 Å². The summed E-state index contributed by atoms with van der Waals surface area (Å²) in [6, 6.07) is 13.0. The highest BCUT2D eigenvalue weighted by Crippen LogP contribution is 2.37. The van der Waals surface area contributed by atoms with Crippen LogP contribution < -0.4 is 20.7 Å². The van der Waals surface area contributed by atoms with Crippen molar-refractivity contribution in [3.05, 3.63) is 94.7 Å². The van der Waals surface area contributed by atoms with Crippen molar-refractivity contribution in [2.24, 2.45) is 0 Å². The van der Waals surface area contributed by atoms with Crippen LogP contribution in [0.25, 0.3) is 12.2 Å². The lowest BCUT2D eigenvalue weighted by Crippen LogP contribution is -2.25. The molecule has 0 radical (unpaired) electrons. The topological polar surface area (TPSA) is 127 Å². The van der Waals surface area contributed by atoms with Crippen molar-refractivity contribution in [1.29, 1.82) is 0 Å². The lowest BCUT2D eigenvalue weighted by Gasteiger charge is -2.13. The number of hydrogen-bond acceptors (Lipinski definition) is 6. The van der Waals surface area contributed by atoms with Crippen molar-refractivity contribution < 1.29 is 14.4 Å². The summed E-state index contributed by atoms with van der Waals surface area (Å²) in [5, 5.41) is 11.1. The predicted octanol–water partition coefficient (Wildman–Crippen LogP) is 3.49. The largest absolute Gasteiger partial charge is 0.493 e. The Morgan fingerprint density at radius 1 is 1.13 bits per heavy atom. The predicted molar refractivity (Wildman–Crippen MR) is 115 cm³/mol. The first-order valence-electron chi connectivity index (χ1n) is 8.62. The number of nitrogens with zero attached hydrogens (tertiary/aromatic N) is 1. The third kappa shape index (κ3) is 4.84. The van der Waals surface area contributed by atoms with Crippen molar-refractivity contribution in [3.8, 4) is 11.5 Å². The first kappa shape index (κ1) is 21.1. The number of methoxy groups -OCH3 is 1. The third-order valence-corrected chi connectivity index (χ3v) is 4.64. The van der Waals surface area contributed by atoms with Gasteiger partial charge in [0.05, 0.1) is 16.5 Å². The second-order valence-electron chi connectivity index (χ2n) is 6.07. The SMILES string of the molecule is COc1cc(/C=C/c2[nH]c(=O)[nH]c(=O)c2[N+](=O)[O-])cc(Br)c1OCc1ccccc1. The van der Waals surface area contributed by atoms with Gasteiger partial charge in [-0.25, -0.2) is 4.79 Å². The van der Waals surface area contributed by atoms with Gasteiger partial charge < -0.3 is 14.5 Å². The molecular formula is C20H16BrN3O6. The van der Waals surface area contributed by atoms with Crippen LogP contribution >= 0.6 is 15.9 Å². The molecule has 0 fully saturated rings. The van der Waals surface area contributed by atoms with Gasteiger partial charge in [0.2, 0.25) is 0 Å². The van der Waals surface area contributed by atoms with Gasteiger partial charge in [0.1, 0.15) is 12.3 Å². The second-order valence-corrected chi connectivity index (χ2v) is 6.92. The van der Waals surface area contributed by atoms with E-state index in [2.05, 4.69) is 20.9 Å². The lowest BCUT2D eigenvalue weighted by atomic mass is 10.1. The van der Waals surface area contributed by atoms with Crippen molar-refractivity contribution >= 4 is 33.8 Å². The number of hydrogen-bond donors (Lipinski definition) is 2. The molecule has 9 nitrogen and oxygen atoms in total. The Bertz CT molecular complexity index is 1220. The van der Waals surface area contributed by atoms with Gasteiger partial charge in [-0.2, -0.15) is 0 Å². The van der Waals surface area contributed by atoms with Crippen LogP contribution in [0.5, 0.6) is 11.5 Å². The number of ether oxygens (including phenoxy) is 2. The van der Waals surface area contributed by atoms with E-state index in [9.17, 15) is 19.7 Å². The highest BCUT2D eigenvalue weighted by molar-refractivity contribution is 9.10. The maximum absolute atomic E-state index is 11.7. The van der Waals surface area contributed by atoms with E-state index in [1.54, 1.807) is 12.1 Å². The molecule has 2 aromatic carbocycles. The van der Waals surface area contributed by atoms with Crippen molar-refractivity contribution in [2.45, 2.75) is 6.61 Å². The molecule has 154 valence electrons. The van der Waals surface area contributed by atoms with Crippen molar-refractivity contribution in [2.75, 3.05) is 7.11 Å². The first-order chi connectivity index (χ1) is 14.4. The Morgan fingerprint density at radius 3 is 2.53 bits per heavy atom. The van der Waals surface area contributed by atoms with E-state index in [4.69, 9.17) is 9.47 Å². The minimum Gasteiger partial charge on any atom is -0.493 e. The normalized spacial score (nSPS) is 10.9. The van der Waals surface area contributed by atoms with E-state index >= 15 is 0 Å². The van der Waals surface area contributed by atoms with Crippen LogP contribution in [0.1, 0.15) is 16.8 Å². The number of rotatable bonds is 7. The van der Waals surface area contributed by atoms with E-state index in [0.29, 0.717) is 28.1 Å². The van der Waals surface area contributed by atoms with E-state index in [-0.39, 0.29) is 5.69 Å². The fourth-order valence-electron chi connectivity index (χ4n) is 2.68. The monoisotopic (exact) mass is 473 g/mol. The maximum atomic E-state index is 11.7. The van der Waals surface area contributed by atoms with Crippen LogP contribution in [0.2, 0.25) is 0 Å². The molecule has 0 aliphatic carbocycles. The molecule has 0 saturated heterocycles. The van der Waals surface area contributed by atoms with Gasteiger partial charge in [-0.1, -0.05) is 36.4 Å². The number of nitrogens with one attached hydrogen (secondary N) is 2. The quantitative estimate of drug-likeness (QED) is 0.399. The number of halogens is 1. The molecule has 0 aliphatic rings. The van der Waals surface area contributed by atoms with Gasteiger partial charge in [-0.05, 0) is 45.3 Å². The Morgan fingerprint density at radius 2 is 1.87 bits per heavy atom. The highest BCUT2D eigenvalue weighted by atomic mass is 79.9. The molecule has 0 atom stereocenters. The van der Waals surface area contributed by atoms with Gasteiger partial charge in [0.25, 0.3) is 0 Å². The zero-order chi connectivity index (χ0) is 21.7. The summed E-state index contributed by atoms with van der Waals surface area (Å²) in [7, 11) is 1.49. The fourth-order valence-corrected chi connectivity index (χ4v) is 3.26. The molecule has 0 unspecified atom stereocenters. The van der Waals surface area contributed by atoms with Gasteiger partial charge in [-0.15, -0.1) is 0 Å². The van der Waals surface area contributed by atoms with Crippen LogP contribution in [0.15, 0.2) is 56.5 Å². The number of aromatic nitrogens is 2. The molecule has 0 amide bonds. The Kier molecular flexibility index (Phi) is 6.48. The minimum absolute atomic E-state index is 0.215. The number of aromatic amines is 2. The molecular weight excluding hydrogens is 458 g/mol. The van der Waals surface area contributed by atoms with Crippen molar-refractivity contribution in [3.63, 3.8) is 0 Å². The lowest BCUT2D eigenvalue weighted by molar-refractivity contribution is -0.386. The summed E-state index contributed by atoms with van der Waals surface area (Å²) in [6.45, 7) is 0.339. The van der Waals surface area contributed by atoms with Gasteiger partial charge in [0.15, 0.2) is 11.5 Å². The standard InChI is InChI=1S/C20H16BrN3O6/c1-29-16-10-13(7-8-15-17(24(27)28)19(25)23-20(26)22-15)9-14(21)18(16)30-11-12-5-3-2-4-6-12/h2-10H,11H2,1H3,(H2,22,23,25,26)/b8-7+. The van der Waals surface area contributed by atoms with Crippen LogP contribution in [-0.2, 0) is 6.61 Å². The molecule has 3 aromatic rings. The number of nitro groups is 1. The maximum Gasteiger partial charge on any atom is 0.357 e. The Hall–Kier alpha value is -3.66. The average Bonchev–Trinajstić information content (AvgIpc) is 2.71. The van der Waals surface area contributed by atoms with Crippen LogP contribution in [0.4, 0.5) is 5.69 Å². The summed E-state index contributed by atoms with van der Waals surface area (Å²) in [5.41, 5.74) is -1.30. The molecule has 2 N–H and O–H groups in total. The average molecular weight is 474 g/mol. The summed E-state index contributed by atoms with van der Waals surface area (Å²) >= 11 is 3.44. The van der Waals surface area contributed by atoms with Gasteiger partial charge in [-0.3, -0.25) is 19.9 Å². The molecule has 1 aromatic heterocycles. The number of benzene rings is 2. The summed E-state index contributed by atoms with van der Waals surface area (Å²) in [4.78, 5) is 37.6. The molecule has 0 bridgehead atoms. The van der Waals surface area contributed by atoms with Crippen LogP contribution in [0.3, 0.4) is 0 Å². The smallest absolute Gasteiger partial charge is 0.357 e. The zero-order valence-electron chi connectivity index (χ0n) is 15.7. The fraction of sp³-hybridized carbons (Fsp3) is 0.100. The Balaban J connectivity index is 1.91. The second kappa shape index (κ2) is 9.23. The highest BCUT2D eigenvalue weighted by Gasteiger charge is 2.19. The molecule has 3 rings (SSSR count).